The summed E-state index contributed by atoms with van der Waals surface area (Å²) in [6, 6.07) is 0. The number of nitrogens with zero attached hydrogens (tertiary/aromatic N) is 2. The SMILES string of the molecule is CCn1nc(C)c(Cl)c1CC1CCCNC1=O. The minimum absolute atomic E-state index is 0.0441. The van der Waals surface area contributed by atoms with Gasteiger partial charge < -0.3 is 5.32 Å². The first-order chi connectivity index (χ1) is 8.13. The first-order valence-electron chi connectivity index (χ1n) is 6.13. The molecule has 2 rings (SSSR count). The maximum absolute atomic E-state index is 11.7. The van der Waals surface area contributed by atoms with E-state index in [1.54, 1.807) is 0 Å². The van der Waals surface area contributed by atoms with Crippen molar-refractivity contribution in [1.29, 1.82) is 0 Å². The van der Waals surface area contributed by atoms with E-state index in [9.17, 15) is 4.79 Å². The quantitative estimate of drug-likeness (QED) is 0.897. The van der Waals surface area contributed by atoms with Crippen LogP contribution in [0.3, 0.4) is 0 Å². The molecule has 0 saturated carbocycles. The van der Waals surface area contributed by atoms with Crippen LogP contribution in [-0.4, -0.2) is 22.2 Å². The van der Waals surface area contributed by atoms with Gasteiger partial charge in [-0.15, -0.1) is 0 Å². The van der Waals surface area contributed by atoms with Gasteiger partial charge in [-0.3, -0.25) is 9.48 Å². The van der Waals surface area contributed by atoms with Gasteiger partial charge >= 0.3 is 0 Å². The lowest BCUT2D eigenvalue weighted by molar-refractivity contribution is -0.126. The summed E-state index contributed by atoms with van der Waals surface area (Å²) in [6.45, 7) is 5.53. The lowest BCUT2D eigenvalue weighted by atomic mass is 9.93. The summed E-state index contributed by atoms with van der Waals surface area (Å²) >= 11 is 6.24. The molecule has 0 radical (unpaired) electrons. The van der Waals surface area contributed by atoms with Crippen LogP contribution in [0.2, 0.25) is 5.02 Å². The van der Waals surface area contributed by atoms with E-state index in [1.165, 1.54) is 0 Å². The molecule has 1 saturated heterocycles. The second-order valence-corrected chi connectivity index (χ2v) is 4.87. The van der Waals surface area contributed by atoms with Gasteiger partial charge in [-0.25, -0.2) is 0 Å². The predicted molar refractivity (Wildman–Crippen MR) is 67.1 cm³/mol. The van der Waals surface area contributed by atoms with E-state index in [1.807, 2.05) is 18.5 Å². The molecular formula is C12H18ClN3O. The zero-order chi connectivity index (χ0) is 12.4. The standard InChI is InChI=1S/C12H18ClN3O/c1-3-16-10(11(13)8(2)15-16)7-9-5-4-6-14-12(9)17/h9H,3-7H2,1-2H3,(H,14,17). The van der Waals surface area contributed by atoms with E-state index in [0.717, 1.165) is 37.3 Å². The second-order valence-electron chi connectivity index (χ2n) is 4.50. The molecule has 1 fully saturated rings. The summed E-state index contributed by atoms with van der Waals surface area (Å²) in [7, 11) is 0. The zero-order valence-electron chi connectivity index (χ0n) is 10.3. The average molecular weight is 256 g/mol. The Balaban J connectivity index is 2.19. The van der Waals surface area contributed by atoms with Crippen LogP contribution < -0.4 is 5.32 Å². The zero-order valence-corrected chi connectivity index (χ0v) is 11.0. The Morgan fingerprint density at radius 1 is 1.59 bits per heavy atom. The minimum atomic E-state index is 0.0441. The molecule has 1 atom stereocenters. The van der Waals surface area contributed by atoms with Crippen LogP contribution in [0, 0.1) is 12.8 Å². The normalized spacial score (nSPS) is 20.4. The molecule has 0 aliphatic carbocycles. The number of piperidine rings is 1. The highest BCUT2D eigenvalue weighted by Crippen LogP contribution is 2.25. The van der Waals surface area contributed by atoms with Crippen LogP contribution in [0.4, 0.5) is 0 Å². The van der Waals surface area contributed by atoms with Gasteiger partial charge in [-0.2, -0.15) is 5.10 Å². The highest BCUT2D eigenvalue weighted by atomic mass is 35.5. The molecule has 1 amide bonds. The monoisotopic (exact) mass is 255 g/mol. The number of halogens is 1. The van der Waals surface area contributed by atoms with E-state index in [4.69, 9.17) is 11.6 Å². The van der Waals surface area contributed by atoms with Gasteiger partial charge in [0, 0.05) is 25.4 Å². The largest absolute Gasteiger partial charge is 0.356 e. The number of carbonyl (C=O) groups is 1. The van der Waals surface area contributed by atoms with E-state index in [2.05, 4.69) is 10.4 Å². The number of amides is 1. The third kappa shape index (κ3) is 2.46. The fraction of sp³-hybridized carbons (Fsp3) is 0.667. The summed E-state index contributed by atoms with van der Waals surface area (Å²) in [5.41, 5.74) is 1.84. The topological polar surface area (TPSA) is 46.9 Å². The van der Waals surface area contributed by atoms with Crippen LogP contribution >= 0.6 is 11.6 Å². The highest BCUT2D eigenvalue weighted by molar-refractivity contribution is 6.31. The number of nitrogens with one attached hydrogen (secondary N) is 1. The fourth-order valence-electron chi connectivity index (χ4n) is 2.33. The van der Waals surface area contributed by atoms with Gasteiger partial charge in [-0.05, 0) is 26.7 Å². The molecule has 5 heteroatoms. The molecule has 1 aromatic rings. The number of aryl methyl sites for hydroxylation is 2. The van der Waals surface area contributed by atoms with Crippen molar-refractivity contribution in [3.05, 3.63) is 16.4 Å². The number of hydrogen-bond donors (Lipinski definition) is 1. The van der Waals surface area contributed by atoms with Crippen molar-refractivity contribution in [3.8, 4) is 0 Å². The molecule has 17 heavy (non-hydrogen) atoms. The number of hydrogen-bond acceptors (Lipinski definition) is 2. The van der Waals surface area contributed by atoms with Crippen molar-refractivity contribution in [3.63, 3.8) is 0 Å². The summed E-state index contributed by atoms with van der Waals surface area (Å²) in [5, 5.41) is 7.99. The van der Waals surface area contributed by atoms with Gasteiger partial charge in [0.2, 0.25) is 5.91 Å². The number of rotatable bonds is 3. The molecule has 1 unspecified atom stereocenters. The van der Waals surface area contributed by atoms with Crippen molar-refractivity contribution in [2.24, 2.45) is 5.92 Å². The predicted octanol–water partition coefficient (Wildman–Crippen LogP) is 1.93. The summed E-state index contributed by atoms with van der Waals surface area (Å²) in [5.74, 6) is 0.191. The number of aromatic nitrogens is 2. The van der Waals surface area contributed by atoms with E-state index < -0.39 is 0 Å². The Bertz CT molecular complexity index is 428. The van der Waals surface area contributed by atoms with Gasteiger partial charge in [-0.1, -0.05) is 11.6 Å². The Morgan fingerprint density at radius 2 is 2.35 bits per heavy atom. The van der Waals surface area contributed by atoms with Crippen LogP contribution in [-0.2, 0) is 17.8 Å². The van der Waals surface area contributed by atoms with Gasteiger partial charge in [0.15, 0.2) is 0 Å². The molecule has 0 aromatic carbocycles. The molecule has 4 nitrogen and oxygen atoms in total. The third-order valence-corrected chi connectivity index (χ3v) is 3.78. The van der Waals surface area contributed by atoms with Crippen LogP contribution in [0.15, 0.2) is 0 Å². The smallest absolute Gasteiger partial charge is 0.223 e. The van der Waals surface area contributed by atoms with Gasteiger partial charge in [0.25, 0.3) is 0 Å². The lowest BCUT2D eigenvalue weighted by Crippen LogP contribution is -2.37. The molecular weight excluding hydrogens is 238 g/mol. The summed E-state index contributed by atoms with van der Waals surface area (Å²) < 4.78 is 1.90. The Kier molecular flexibility index (Phi) is 3.72. The Labute approximate surface area is 106 Å². The maximum atomic E-state index is 11.7. The van der Waals surface area contributed by atoms with Crippen molar-refractivity contribution < 1.29 is 4.79 Å². The van der Waals surface area contributed by atoms with Crippen LogP contribution in [0.25, 0.3) is 0 Å². The first kappa shape index (κ1) is 12.4. The second kappa shape index (κ2) is 5.08. The highest BCUT2D eigenvalue weighted by Gasteiger charge is 2.25. The fourth-order valence-corrected chi connectivity index (χ4v) is 2.54. The molecule has 1 aliphatic heterocycles. The van der Waals surface area contributed by atoms with Crippen molar-refractivity contribution in [2.75, 3.05) is 6.54 Å². The minimum Gasteiger partial charge on any atom is -0.356 e. The van der Waals surface area contributed by atoms with Crippen molar-refractivity contribution >= 4 is 17.5 Å². The van der Waals surface area contributed by atoms with Crippen molar-refractivity contribution in [1.82, 2.24) is 15.1 Å². The van der Waals surface area contributed by atoms with E-state index >= 15 is 0 Å². The Hall–Kier alpha value is -1.03. The average Bonchev–Trinajstić information content (AvgIpc) is 2.59. The lowest BCUT2D eigenvalue weighted by Gasteiger charge is -2.22. The van der Waals surface area contributed by atoms with Crippen LogP contribution in [0.5, 0.6) is 0 Å². The molecule has 2 heterocycles. The molecule has 0 bridgehead atoms. The first-order valence-corrected chi connectivity index (χ1v) is 6.50. The van der Waals surface area contributed by atoms with Crippen LogP contribution in [0.1, 0.15) is 31.2 Å². The molecule has 94 valence electrons. The maximum Gasteiger partial charge on any atom is 0.223 e. The van der Waals surface area contributed by atoms with Crippen molar-refractivity contribution in [2.45, 2.75) is 39.7 Å². The van der Waals surface area contributed by atoms with E-state index in [0.29, 0.717) is 11.4 Å². The van der Waals surface area contributed by atoms with E-state index in [-0.39, 0.29) is 11.8 Å². The molecule has 1 aliphatic rings. The molecule has 1 aromatic heterocycles. The van der Waals surface area contributed by atoms with Gasteiger partial charge in [0.05, 0.1) is 16.4 Å². The summed E-state index contributed by atoms with van der Waals surface area (Å²) in [6.07, 6.45) is 2.68. The Morgan fingerprint density at radius 3 is 3.00 bits per heavy atom. The summed E-state index contributed by atoms with van der Waals surface area (Å²) in [4.78, 5) is 11.7. The third-order valence-electron chi connectivity index (χ3n) is 3.29. The molecule has 1 N–H and O–H groups in total. The molecule has 0 spiro atoms. The number of carbonyl (C=O) groups excluding carboxylic acids is 1. The van der Waals surface area contributed by atoms with Gasteiger partial charge in [0.1, 0.15) is 0 Å².